The van der Waals surface area contributed by atoms with E-state index in [-0.39, 0.29) is 11.8 Å². The number of hydrogen-bond donors (Lipinski definition) is 1. The van der Waals surface area contributed by atoms with Crippen LogP contribution in [0, 0.1) is 0 Å². The Bertz CT molecular complexity index is 769. The van der Waals surface area contributed by atoms with Gasteiger partial charge in [0.25, 0.3) is 5.91 Å². The number of nitrogens with zero attached hydrogens (tertiary/aromatic N) is 2. The predicted molar refractivity (Wildman–Crippen MR) is 99.8 cm³/mol. The van der Waals surface area contributed by atoms with Gasteiger partial charge in [0.15, 0.2) is 0 Å². The third kappa shape index (κ3) is 4.25. The molecule has 1 N–H and O–H groups in total. The van der Waals surface area contributed by atoms with Gasteiger partial charge in [0.1, 0.15) is 0 Å². The van der Waals surface area contributed by atoms with Gasteiger partial charge in [-0.1, -0.05) is 18.2 Å². The van der Waals surface area contributed by atoms with E-state index in [9.17, 15) is 9.59 Å². The molecule has 0 spiro atoms. The largest absolute Gasteiger partial charge is 0.322 e. The highest BCUT2D eigenvalue weighted by Gasteiger charge is 2.22. The van der Waals surface area contributed by atoms with Crippen molar-refractivity contribution >= 4 is 23.2 Å². The molecule has 0 atom stereocenters. The lowest BCUT2D eigenvalue weighted by Crippen LogP contribution is -2.24. The summed E-state index contributed by atoms with van der Waals surface area (Å²) in [4.78, 5) is 28.2. The van der Waals surface area contributed by atoms with Gasteiger partial charge in [-0.3, -0.25) is 9.59 Å². The van der Waals surface area contributed by atoms with Gasteiger partial charge in [0, 0.05) is 36.4 Å². The number of carbonyl (C=O) groups excluding carboxylic acids is 2. The second kappa shape index (κ2) is 7.49. The molecular formula is C20H23N3O2. The standard InChI is InChI=1S/C20H23N3O2/c1-22(2)14-15-8-10-17(11-9-15)21-20(25)16-5-3-6-18(13-16)23-12-4-7-19(23)24/h3,5-6,8-11,13H,4,7,12,14H2,1-2H3,(H,21,25). The van der Waals surface area contributed by atoms with Crippen LogP contribution in [0.3, 0.4) is 0 Å². The summed E-state index contributed by atoms with van der Waals surface area (Å²) < 4.78 is 0. The Labute approximate surface area is 148 Å². The molecule has 1 aliphatic heterocycles. The van der Waals surface area contributed by atoms with Gasteiger partial charge < -0.3 is 15.1 Å². The molecule has 1 aliphatic rings. The fourth-order valence-electron chi connectivity index (χ4n) is 3.00. The van der Waals surface area contributed by atoms with Gasteiger partial charge in [-0.05, 0) is 56.4 Å². The summed E-state index contributed by atoms with van der Waals surface area (Å²) in [6, 6.07) is 15.1. The fourth-order valence-corrected chi connectivity index (χ4v) is 3.00. The zero-order valence-corrected chi connectivity index (χ0v) is 14.7. The molecule has 1 fully saturated rings. The maximum absolute atomic E-state index is 12.5. The van der Waals surface area contributed by atoms with Crippen LogP contribution in [0.5, 0.6) is 0 Å². The van der Waals surface area contributed by atoms with Crippen molar-refractivity contribution in [3.05, 3.63) is 59.7 Å². The Kier molecular flexibility index (Phi) is 5.14. The number of benzene rings is 2. The minimum absolute atomic E-state index is 0.119. The molecule has 2 aromatic carbocycles. The topological polar surface area (TPSA) is 52.7 Å². The smallest absolute Gasteiger partial charge is 0.255 e. The molecule has 130 valence electrons. The van der Waals surface area contributed by atoms with E-state index < -0.39 is 0 Å². The Morgan fingerprint density at radius 2 is 1.92 bits per heavy atom. The third-order valence-corrected chi connectivity index (χ3v) is 4.20. The van der Waals surface area contributed by atoms with Crippen LogP contribution >= 0.6 is 0 Å². The molecule has 25 heavy (non-hydrogen) atoms. The Morgan fingerprint density at radius 3 is 2.56 bits per heavy atom. The SMILES string of the molecule is CN(C)Cc1ccc(NC(=O)c2cccc(N3CCCC3=O)c2)cc1. The van der Waals surface area contributed by atoms with E-state index in [1.54, 1.807) is 17.0 Å². The summed E-state index contributed by atoms with van der Waals surface area (Å²) in [7, 11) is 4.04. The number of hydrogen-bond acceptors (Lipinski definition) is 3. The Balaban J connectivity index is 1.70. The average Bonchev–Trinajstić information content (AvgIpc) is 3.02. The molecule has 5 heteroatoms. The average molecular weight is 337 g/mol. The van der Waals surface area contributed by atoms with Gasteiger partial charge in [-0.2, -0.15) is 0 Å². The molecule has 3 rings (SSSR count). The molecule has 0 radical (unpaired) electrons. The molecule has 0 aromatic heterocycles. The number of carbonyl (C=O) groups is 2. The molecule has 0 bridgehead atoms. The lowest BCUT2D eigenvalue weighted by Gasteiger charge is -2.16. The lowest BCUT2D eigenvalue weighted by molar-refractivity contribution is -0.117. The van der Waals surface area contributed by atoms with Crippen LogP contribution in [0.15, 0.2) is 48.5 Å². The first-order chi connectivity index (χ1) is 12.0. The second-order valence-corrected chi connectivity index (χ2v) is 6.59. The zero-order chi connectivity index (χ0) is 17.8. The van der Waals surface area contributed by atoms with Crippen LogP contribution in [-0.4, -0.2) is 37.4 Å². The molecular weight excluding hydrogens is 314 g/mol. The van der Waals surface area contributed by atoms with E-state index in [0.29, 0.717) is 12.0 Å². The first kappa shape index (κ1) is 17.2. The summed E-state index contributed by atoms with van der Waals surface area (Å²) >= 11 is 0. The van der Waals surface area contributed by atoms with Gasteiger partial charge >= 0.3 is 0 Å². The van der Waals surface area contributed by atoms with Crippen molar-refractivity contribution in [3.63, 3.8) is 0 Å². The van der Waals surface area contributed by atoms with Crippen molar-refractivity contribution in [2.24, 2.45) is 0 Å². The minimum atomic E-state index is -0.172. The van der Waals surface area contributed by atoms with Gasteiger partial charge in [-0.15, -0.1) is 0 Å². The van der Waals surface area contributed by atoms with Crippen LogP contribution in [0.4, 0.5) is 11.4 Å². The van der Waals surface area contributed by atoms with Crippen molar-refractivity contribution in [2.45, 2.75) is 19.4 Å². The number of amides is 2. The summed E-state index contributed by atoms with van der Waals surface area (Å²) in [5.74, 6) is -0.0529. The summed E-state index contributed by atoms with van der Waals surface area (Å²) in [6.45, 7) is 1.58. The number of anilines is 2. The van der Waals surface area contributed by atoms with E-state index in [4.69, 9.17) is 0 Å². The first-order valence-corrected chi connectivity index (χ1v) is 8.48. The normalized spacial score (nSPS) is 14.2. The quantitative estimate of drug-likeness (QED) is 0.912. The highest BCUT2D eigenvalue weighted by atomic mass is 16.2. The van der Waals surface area contributed by atoms with E-state index >= 15 is 0 Å². The summed E-state index contributed by atoms with van der Waals surface area (Å²) in [6.07, 6.45) is 1.45. The molecule has 0 aliphatic carbocycles. The molecule has 1 saturated heterocycles. The van der Waals surface area contributed by atoms with Crippen LogP contribution in [-0.2, 0) is 11.3 Å². The molecule has 2 amide bonds. The van der Waals surface area contributed by atoms with Crippen molar-refractivity contribution < 1.29 is 9.59 Å². The van der Waals surface area contributed by atoms with Crippen LogP contribution < -0.4 is 10.2 Å². The number of rotatable bonds is 5. The minimum Gasteiger partial charge on any atom is -0.322 e. The van der Waals surface area contributed by atoms with E-state index in [1.807, 2.05) is 50.5 Å². The summed E-state index contributed by atoms with van der Waals surface area (Å²) in [5, 5.41) is 2.91. The van der Waals surface area contributed by atoms with Crippen LogP contribution in [0.1, 0.15) is 28.8 Å². The highest BCUT2D eigenvalue weighted by molar-refractivity contribution is 6.05. The Morgan fingerprint density at radius 1 is 1.16 bits per heavy atom. The fraction of sp³-hybridized carbons (Fsp3) is 0.300. The summed E-state index contributed by atoms with van der Waals surface area (Å²) in [5.41, 5.74) is 3.29. The van der Waals surface area contributed by atoms with E-state index in [0.717, 1.165) is 30.9 Å². The molecule has 5 nitrogen and oxygen atoms in total. The van der Waals surface area contributed by atoms with Crippen LogP contribution in [0.2, 0.25) is 0 Å². The van der Waals surface area contributed by atoms with Gasteiger partial charge in [0.05, 0.1) is 0 Å². The van der Waals surface area contributed by atoms with Gasteiger partial charge in [0.2, 0.25) is 5.91 Å². The van der Waals surface area contributed by atoms with E-state index in [2.05, 4.69) is 10.2 Å². The van der Waals surface area contributed by atoms with Crippen molar-refractivity contribution in [1.29, 1.82) is 0 Å². The van der Waals surface area contributed by atoms with E-state index in [1.165, 1.54) is 5.56 Å². The molecule has 2 aromatic rings. The maximum Gasteiger partial charge on any atom is 0.255 e. The first-order valence-electron chi connectivity index (χ1n) is 8.48. The van der Waals surface area contributed by atoms with Gasteiger partial charge in [-0.25, -0.2) is 0 Å². The zero-order valence-electron chi connectivity index (χ0n) is 14.7. The molecule has 0 saturated carbocycles. The lowest BCUT2D eigenvalue weighted by atomic mass is 10.1. The third-order valence-electron chi connectivity index (χ3n) is 4.20. The monoisotopic (exact) mass is 337 g/mol. The van der Waals surface area contributed by atoms with Crippen molar-refractivity contribution in [3.8, 4) is 0 Å². The Hall–Kier alpha value is -2.66. The number of nitrogens with one attached hydrogen (secondary N) is 1. The molecule has 1 heterocycles. The second-order valence-electron chi connectivity index (χ2n) is 6.59. The maximum atomic E-state index is 12.5. The predicted octanol–water partition coefficient (Wildman–Crippen LogP) is 3.13. The van der Waals surface area contributed by atoms with Crippen molar-refractivity contribution in [2.75, 3.05) is 30.9 Å². The van der Waals surface area contributed by atoms with Crippen molar-refractivity contribution in [1.82, 2.24) is 4.90 Å². The van der Waals surface area contributed by atoms with Crippen LogP contribution in [0.25, 0.3) is 0 Å². The highest BCUT2D eigenvalue weighted by Crippen LogP contribution is 2.22. The molecule has 0 unspecified atom stereocenters.